The van der Waals surface area contributed by atoms with E-state index in [0.717, 1.165) is 65.9 Å². The minimum Gasteiger partial charge on any atom is -0.508 e. The standard InChI is InChI=1S/C39H40FN7O4/c1-25-35(43-36-7-2-3-14-45(25)36)23-41-29-8-10-30(11-9-29)47-38(49)34-21-28(40)22-42-37(34)46(39(47)50)31-6-4-5-26(19-31)33-13-12-32(48)20-27(33)24-44-15-17-51-18-16-44/h2-7,12-14,19-22,29-30,41,48H,8-11,15-18,23-24H2,1H3. The van der Waals surface area contributed by atoms with Gasteiger partial charge in [0, 0.05) is 50.2 Å². The lowest BCUT2D eigenvalue weighted by atomic mass is 9.91. The summed E-state index contributed by atoms with van der Waals surface area (Å²) in [6.07, 6.45) is 5.81. The van der Waals surface area contributed by atoms with Gasteiger partial charge in [-0.15, -0.1) is 0 Å². The monoisotopic (exact) mass is 689 g/mol. The van der Waals surface area contributed by atoms with Gasteiger partial charge in [-0.25, -0.2) is 23.7 Å². The van der Waals surface area contributed by atoms with E-state index in [0.29, 0.717) is 44.8 Å². The number of aromatic nitrogens is 5. The lowest BCUT2D eigenvalue weighted by Gasteiger charge is -2.30. The number of hydrogen-bond donors (Lipinski definition) is 2. The molecule has 0 spiro atoms. The Labute approximate surface area is 293 Å². The van der Waals surface area contributed by atoms with Gasteiger partial charge in [0.25, 0.3) is 5.56 Å². The molecule has 5 heterocycles. The second-order valence-corrected chi connectivity index (χ2v) is 13.6. The van der Waals surface area contributed by atoms with E-state index in [1.54, 1.807) is 18.2 Å². The molecule has 262 valence electrons. The maximum absolute atomic E-state index is 14.6. The van der Waals surface area contributed by atoms with Crippen molar-refractivity contribution in [2.24, 2.45) is 0 Å². The van der Waals surface area contributed by atoms with E-state index in [1.165, 1.54) is 15.2 Å². The Hall–Kier alpha value is -5.17. The number of phenols is 1. The van der Waals surface area contributed by atoms with Gasteiger partial charge in [-0.1, -0.05) is 24.3 Å². The van der Waals surface area contributed by atoms with Gasteiger partial charge in [0.2, 0.25) is 0 Å². The van der Waals surface area contributed by atoms with Crippen LogP contribution in [0.2, 0.25) is 0 Å². The number of nitrogens with zero attached hydrogens (tertiary/aromatic N) is 6. The molecule has 1 saturated heterocycles. The number of hydrogen-bond acceptors (Lipinski definition) is 8. The number of aromatic hydroxyl groups is 1. The zero-order valence-corrected chi connectivity index (χ0v) is 28.5. The Morgan fingerprint density at radius 1 is 0.980 bits per heavy atom. The Bertz CT molecular complexity index is 2350. The summed E-state index contributed by atoms with van der Waals surface area (Å²) in [5.74, 6) is -0.467. The van der Waals surface area contributed by atoms with Crippen molar-refractivity contribution in [3.63, 3.8) is 0 Å². The molecular formula is C39H40FN7O4. The molecule has 0 atom stereocenters. The first-order chi connectivity index (χ1) is 24.8. The molecule has 2 fully saturated rings. The van der Waals surface area contributed by atoms with Gasteiger partial charge in [0.1, 0.15) is 17.2 Å². The van der Waals surface area contributed by atoms with Gasteiger partial charge in [0.05, 0.1) is 36.2 Å². The highest BCUT2D eigenvalue weighted by atomic mass is 19.1. The fourth-order valence-corrected chi connectivity index (χ4v) is 7.66. The number of halogens is 1. The zero-order valence-electron chi connectivity index (χ0n) is 28.5. The average Bonchev–Trinajstić information content (AvgIpc) is 3.47. The third-order valence-corrected chi connectivity index (χ3v) is 10.4. The number of fused-ring (bicyclic) bond motifs is 2. The van der Waals surface area contributed by atoms with Gasteiger partial charge >= 0.3 is 5.69 Å². The van der Waals surface area contributed by atoms with E-state index in [1.807, 2.05) is 48.7 Å². The predicted octanol–water partition coefficient (Wildman–Crippen LogP) is 5.12. The minimum atomic E-state index is -0.642. The first-order valence-electron chi connectivity index (χ1n) is 17.6. The second-order valence-electron chi connectivity index (χ2n) is 13.6. The van der Waals surface area contributed by atoms with Gasteiger partial charge in [-0.3, -0.25) is 14.3 Å². The fourth-order valence-electron chi connectivity index (χ4n) is 7.66. The fraction of sp³-hybridized carbons (Fsp3) is 0.333. The molecule has 0 bridgehead atoms. The number of pyridine rings is 2. The van der Waals surface area contributed by atoms with Crippen LogP contribution in [-0.4, -0.2) is 65.9 Å². The Morgan fingerprint density at radius 3 is 2.61 bits per heavy atom. The highest BCUT2D eigenvalue weighted by molar-refractivity contribution is 5.77. The van der Waals surface area contributed by atoms with Crippen molar-refractivity contribution in [1.82, 2.24) is 33.7 Å². The number of benzene rings is 2. The lowest BCUT2D eigenvalue weighted by molar-refractivity contribution is 0.0342. The van der Waals surface area contributed by atoms with Crippen LogP contribution >= 0.6 is 0 Å². The number of aryl methyl sites for hydroxylation is 1. The molecule has 12 heteroatoms. The van der Waals surface area contributed by atoms with E-state index >= 15 is 0 Å². The van der Waals surface area contributed by atoms with E-state index in [9.17, 15) is 19.1 Å². The molecule has 4 aromatic heterocycles. The summed E-state index contributed by atoms with van der Waals surface area (Å²) in [5.41, 5.74) is 5.29. The molecule has 0 amide bonds. The van der Waals surface area contributed by atoms with Crippen molar-refractivity contribution in [2.75, 3.05) is 26.3 Å². The summed E-state index contributed by atoms with van der Waals surface area (Å²) in [4.78, 5) is 39.7. The summed E-state index contributed by atoms with van der Waals surface area (Å²) < 4.78 is 24.9. The van der Waals surface area contributed by atoms with Crippen molar-refractivity contribution in [3.05, 3.63) is 123 Å². The van der Waals surface area contributed by atoms with E-state index in [-0.39, 0.29) is 28.9 Å². The van der Waals surface area contributed by atoms with Gasteiger partial charge in [-0.2, -0.15) is 0 Å². The van der Waals surface area contributed by atoms with Crippen molar-refractivity contribution in [3.8, 4) is 22.6 Å². The Balaban J connectivity index is 1.10. The van der Waals surface area contributed by atoms with E-state index in [2.05, 4.69) is 26.5 Å². The summed E-state index contributed by atoms with van der Waals surface area (Å²) in [5, 5.41) is 14.1. The molecule has 0 unspecified atom stereocenters. The molecule has 2 aliphatic rings. The number of nitrogens with one attached hydrogen (secondary N) is 1. The predicted molar refractivity (Wildman–Crippen MR) is 193 cm³/mol. The molecule has 51 heavy (non-hydrogen) atoms. The van der Waals surface area contributed by atoms with Gasteiger partial charge in [-0.05, 0) is 91.8 Å². The van der Waals surface area contributed by atoms with Crippen LogP contribution in [0.25, 0.3) is 33.5 Å². The molecule has 0 radical (unpaired) electrons. The van der Waals surface area contributed by atoms with Crippen LogP contribution in [0.1, 0.15) is 48.7 Å². The summed E-state index contributed by atoms with van der Waals surface area (Å²) in [6.45, 7) is 6.21. The van der Waals surface area contributed by atoms with Crippen LogP contribution < -0.4 is 16.6 Å². The number of ether oxygens (including phenoxy) is 1. The highest BCUT2D eigenvalue weighted by Crippen LogP contribution is 2.31. The molecule has 1 saturated carbocycles. The Kier molecular flexibility index (Phi) is 8.97. The number of rotatable bonds is 8. The van der Waals surface area contributed by atoms with Crippen LogP contribution in [0.5, 0.6) is 5.75 Å². The average molecular weight is 690 g/mol. The minimum absolute atomic E-state index is 0.0558. The largest absolute Gasteiger partial charge is 0.508 e. The van der Waals surface area contributed by atoms with Crippen molar-refractivity contribution in [1.29, 1.82) is 0 Å². The molecule has 6 aromatic rings. The first-order valence-corrected chi connectivity index (χ1v) is 17.6. The second kappa shape index (κ2) is 13.9. The molecule has 1 aliphatic heterocycles. The third-order valence-electron chi connectivity index (χ3n) is 10.4. The van der Waals surface area contributed by atoms with Crippen molar-refractivity contribution in [2.45, 2.75) is 57.8 Å². The van der Waals surface area contributed by atoms with Crippen LogP contribution in [0.4, 0.5) is 4.39 Å². The normalized spacial score (nSPS) is 18.5. The summed E-state index contributed by atoms with van der Waals surface area (Å²) >= 11 is 0. The van der Waals surface area contributed by atoms with Crippen molar-refractivity contribution < 1.29 is 14.2 Å². The molecular weight excluding hydrogens is 649 g/mol. The maximum Gasteiger partial charge on any atom is 0.337 e. The smallest absolute Gasteiger partial charge is 0.337 e. The third kappa shape index (κ3) is 6.46. The van der Waals surface area contributed by atoms with Crippen LogP contribution in [-0.2, 0) is 17.8 Å². The van der Waals surface area contributed by atoms with Crippen LogP contribution in [0, 0.1) is 12.7 Å². The van der Waals surface area contributed by atoms with Crippen molar-refractivity contribution >= 4 is 16.7 Å². The highest BCUT2D eigenvalue weighted by Gasteiger charge is 2.28. The molecule has 2 aromatic carbocycles. The molecule has 8 rings (SSSR count). The van der Waals surface area contributed by atoms with Gasteiger partial charge in [0.15, 0.2) is 5.65 Å². The van der Waals surface area contributed by atoms with E-state index in [4.69, 9.17) is 9.72 Å². The molecule has 1 aliphatic carbocycles. The number of imidazole rings is 1. The lowest BCUT2D eigenvalue weighted by Crippen LogP contribution is -2.44. The number of phenolic OH excluding ortho intramolecular Hbond substituents is 1. The van der Waals surface area contributed by atoms with Crippen LogP contribution in [0.15, 0.2) is 88.7 Å². The van der Waals surface area contributed by atoms with Crippen LogP contribution in [0.3, 0.4) is 0 Å². The Morgan fingerprint density at radius 2 is 1.80 bits per heavy atom. The first kappa shape index (κ1) is 33.0. The summed E-state index contributed by atoms with van der Waals surface area (Å²) in [6, 6.07) is 19.8. The SMILES string of the molecule is Cc1c(CNC2CCC(n3c(=O)c4cc(F)cnc4n(-c4cccc(-c5ccc(O)cc5CN5CCOCC5)c4)c3=O)CC2)nc2ccccn12. The maximum atomic E-state index is 14.6. The quantitative estimate of drug-likeness (QED) is 0.226. The number of morpholine rings is 1. The topological polar surface area (TPSA) is 119 Å². The van der Waals surface area contributed by atoms with Gasteiger partial charge < -0.3 is 19.6 Å². The zero-order chi connectivity index (χ0) is 35.1. The molecule has 2 N–H and O–H groups in total. The molecule has 11 nitrogen and oxygen atoms in total. The summed E-state index contributed by atoms with van der Waals surface area (Å²) in [7, 11) is 0. The van der Waals surface area contributed by atoms with E-state index < -0.39 is 17.1 Å².